The number of carbonyl (C=O) groups is 1. The van der Waals surface area contributed by atoms with Crippen molar-refractivity contribution in [3.8, 4) is 5.75 Å². The first-order valence-electron chi connectivity index (χ1n) is 6.92. The minimum absolute atomic E-state index is 0.0880. The van der Waals surface area contributed by atoms with E-state index in [9.17, 15) is 4.79 Å². The van der Waals surface area contributed by atoms with E-state index in [2.05, 4.69) is 12.1 Å². The van der Waals surface area contributed by atoms with E-state index in [4.69, 9.17) is 15.2 Å². The molecule has 4 nitrogen and oxygen atoms in total. The summed E-state index contributed by atoms with van der Waals surface area (Å²) < 4.78 is 10.4. The van der Waals surface area contributed by atoms with Gasteiger partial charge in [-0.15, -0.1) is 0 Å². The number of ether oxygens (including phenoxy) is 2. The monoisotopic (exact) mass is 285 g/mol. The average Bonchev–Trinajstić information content (AvgIpc) is 2.52. The Bertz CT molecular complexity index is 552. The number of nitrogen functional groups attached to an aromatic ring is 1. The van der Waals surface area contributed by atoms with Crippen molar-refractivity contribution in [3.63, 3.8) is 0 Å². The van der Waals surface area contributed by atoms with Gasteiger partial charge in [-0.3, -0.25) is 0 Å². The van der Waals surface area contributed by atoms with Crippen molar-refractivity contribution >= 4 is 11.7 Å². The number of benzene rings is 2. The SMILES string of the molecule is Nc1ccc(OCC(=O)OCCCc2ccccc2)cc1. The highest BCUT2D eigenvalue weighted by Crippen LogP contribution is 2.12. The molecular weight excluding hydrogens is 266 g/mol. The van der Waals surface area contributed by atoms with Gasteiger partial charge in [0, 0.05) is 5.69 Å². The summed E-state index contributed by atoms with van der Waals surface area (Å²) in [5, 5.41) is 0. The molecule has 0 heterocycles. The van der Waals surface area contributed by atoms with Crippen LogP contribution in [-0.4, -0.2) is 19.2 Å². The maximum atomic E-state index is 11.5. The summed E-state index contributed by atoms with van der Waals surface area (Å²) in [4.78, 5) is 11.5. The van der Waals surface area contributed by atoms with Gasteiger partial charge in [-0.2, -0.15) is 0 Å². The van der Waals surface area contributed by atoms with Gasteiger partial charge in [0.15, 0.2) is 6.61 Å². The van der Waals surface area contributed by atoms with Crippen molar-refractivity contribution in [1.82, 2.24) is 0 Å². The van der Waals surface area contributed by atoms with Gasteiger partial charge in [-0.25, -0.2) is 4.79 Å². The fourth-order valence-electron chi connectivity index (χ4n) is 1.85. The number of nitrogens with two attached hydrogens (primary N) is 1. The van der Waals surface area contributed by atoms with E-state index in [0.717, 1.165) is 12.8 Å². The van der Waals surface area contributed by atoms with E-state index < -0.39 is 0 Å². The molecule has 2 aromatic carbocycles. The van der Waals surface area contributed by atoms with Gasteiger partial charge in [0.25, 0.3) is 0 Å². The van der Waals surface area contributed by atoms with E-state index in [1.807, 2.05) is 18.2 Å². The summed E-state index contributed by atoms with van der Waals surface area (Å²) in [6.07, 6.45) is 1.70. The minimum Gasteiger partial charge on any atom is -0.482 e. The molecule has 0 aliphatic heterocycles. The first-order valence-corrected chi connectivity index (χ1v) is 6.92. The first-order chi connectivity index (χ1) is 10.2. The second kappa shape index (κ2) is 7.94. The Kier molecular flexibility index (Phi) is 5.64. The minimum atomic E-state index is -0.361. The van der Waals surface area contributed by atoms with Crippen LogP contribution in [0.4, 0.5) is 5.69 Å². The molecule has 0 aliphatic carbocycles. The summed E-state index contributed by atoms with van der Waals surface area (Å²) in [7, 11) is 0. The lowest BCUT2D eigenvalue weighted by atomic mass is 10.1. The zero-order valence-corrected chi connectivity index (χ0v) is 11.8. The van der Waals surface area contributed by atoms with Crippen LogP contribution in [0, 0.1) is 0 Å². The molecule has 2 aromatic rings. The Morgan fingerprint density at radius 3 is 2.43 bits per heavy atom. The molecule has 2 rings (SSSR count). The summed E-state index contributed by atoms with van der Waals surface area (Å²) in [5.41, 5.74) is 7.46. The molecule has 0 fully saturated rings. The molecule has 0 radical (unpaired) electrons. The lowest BCUT2D eigenvalue weighted by molar-refractivity contribution is -0.146. The van der Waals surface area contributed by atoms with E-state index in [0.29, 0.717) is 18.0 Å². The molecule has 0 spiro atoms. The molecule has 4 heteroatoms. The standard InChI is InChI=1S/C17H19NO3/c18-15-8-10-16(11-9-15)21-13-17(19)20-12-4-7-14-5-2-1-3-6-14/h1-3,5-6,8-11H,4,7,12-13,18H2. The van der Waals surface area contributed by atoms with Crippen LogP contribution in [0.3, 0.4) is 0 Å². The van der Waals surface area contributed by atoms with Crippen molar-refractivity contribution in [1.29, 1.82) is 0 Å². The number of hydrogen-bond acceptors (Lipinski definition) is 4. The maximum absolute atomic E-state index is 11.5. The van der Waals surface area contributed by atoms with E-state index in [1.165, 1.54) is 5.56 Å². The Labute approximate surface area is 124 Å². The third-order valence-corrected chi connectivity index (χ3v) is 2.95. The number of carbonyl (C=O) groups excluding carboxylic acids is 1. The molecule has 0 aliphatic rings. The molecule has 0 amide bonds. The van der Waals surface area contributed by atoms with Gasteiger partial charge in [-0.05, 0) is 42.7 Å². The van der Waals surface area contributed by atoms with Crippen molar-refractivity contribution in [2.24, 2.45) is 0 Å². The third-order valence-electron chi connectivity index (χ3n) is 2.95. The van der Waals surface area contributed by atoms with Crippen molar-refractivity contribution in [2.75, 3.05) is 18.9 Å². The maximum Gasteiger partial charge on any atom is 0.344 e. The average molecular weight is 285 g/mol. The van der Waals surface area contributed by atoms with Crippen molar-refractivity contribution < 1.29 is 14.3 Å². The van der Waals surface area contributed by atoms with Crippen LogP contribution in [-0.2, 0) is 16.0 Å². The Hall–Kier alpha value is -2.49. The van der Waals surface area contributed by atoms with Crippen LogP contribution in [0.5, 0.6) is 5.75 Å². The van der Waals surface area contributed by atoms with Gasteiger partial charge >= 0.3 is 5.97 Å². The molecule has 0 saturated carbocycles. The van der Waals surface area contributed by atoms with Crippen LogP contribution >= 0.6 is 0 Å². The van der Waals surface area contributed by atoms with Crippen LogP contribution in [0.1, 0.15) is 12.0 Å². The molecular formula is C17H19NO3. The van der Waals surface area contributed by atoms with Crippen LogP contribution in [0.2, 0.25) is 0 Å². The van der Waals surface area contributed by atoms with E-state index in [1.54, 1.807) is 24.3 Å². The normalized spacial score (nSPS) is 10.1. The number of rotatable bonds is 7. The van der Waals surface area contributed by atoms with Crippen LogP contribution in [0.15, 0.2) is 54.6 Å². The Morgan fingerprint density at radius 1 is 1.00 bits per heavy atom. The molecule has 0 unspecified atom stereocenters. The highest BCUT2D eigenvalue weighted by molar-refractivity contribution is 5.71. The summed E-state index contributed by atoms with van der Waals surface area (Å²) in [6, 6.07) is 17.0. The molecule has 0 aromatic heterocycles. The topological polar surface area (TPSA) is 61.5 Å². The molecule has 0 saturated heterocycles. The molecule has 21 heavy (non-hydrogen) atoms. The molecule has 0 bridgehead atoms. The lowest BCUT2D eigenvalue weighted by Crippen LogP contribution is -2.15. The van der Waals surface area contributed by atoms with E-state index in [-0.39, 0.29) is 12.6 Å². The zero-order valence-electron chi connectivity index (χ0n) is 11.8. The second-order valence-electron chi connectivity index (χ2n) is 4.67. The van der Waals surface area contributed by atoms with Crippen molar-refractivity contribution in [2.45, 2.75) is 12.8 Å². The molecule has 2 N–H and O–H groups in total. The number of hydrogen-bond donors (Lipinski definition) is 1. The van der Waals surface area contributed by atoms with Crippen LogP contribution in [0.25, 0.3) is 0 Å². The van der Waals surface area contributed by atoms with Gasteiger partial charge in [0.1, 0.15) is 5.75 Å². The first kappa shape index (κ1) is 14.9. The number of aryl methyl sites for hydroxylation is 1. The zero-order chi connectivity index (χ0) is 14.9. The Morgan fingerprint density at radius 2 is 1.71 bits per heavy atom. The quantitative estimate of drug-likeness (QED) is 0.483. The van der Waals surface area contributed by atoms with Gasteiger partial charge in [-0.1, -0.05) is 30.3 Å². The second-order valence-corrected chi connectivity index (χ2v) is 4.67. The van der Waals surface area contributed by atoms with Crippen molar-refractivity contribution in [3.05, 3.63) is 60.2 Å². The highest BCUT2D eigenvalue weighted by atomic mass is 16.6. The largest absolute Gasteiger partial charge is 0.482 e. The molecule has 110 valence electrons. The van der Waals surface area contributed by atoms with Crippen LogP contribution < -0.4 is 10.5 Å². The fourth-order valence-corrected chi connectivity index (χ4v) is 1.85. The number of anilines is 1. The number of esters is 1. The fraction of sp³-hybridized carbons (Fsp3) is 0.235. The summed E-state index contributed by atoms with van der Waals surface area (Å²) >= 11 is 0. The summed E-state index contributed by atoms with van der Waals surface area (Å²) in [5.74, 6) is 0.241. The van der Waals surface area contributed by atoms with Gasteiger partial charge < -0.3 is 15.2 Å². The smallest absolute Gasteiger partial charge is 0.344 e. The van der Waals surface area contributed by atoms with Gasteiger partial charge in [0.05, 0.1) is 6.61 Å². The molecule has 0 atom stereocenters. The van der Waals surface area contributed by atoms with E-state index >= 15 is 0 Å². The lowest BCUT2D eigenvalue weighted by Gasteiger charge is -2.07. The summed E-state index contributed by atoms with van der Waals surface area (Å²) in [6.45, 7) is 0.314. The Balaban J connectivity index is 1.60. The third kappa shape index (κ3) is 5.57. The predicted molar refractivity (Wildman–Crippen MR) is 82.1 cm³/mol. The van der Waals surface area contributed by atoms with Gasteiger partial charge in [0.2, 0.25) is 0 Å². The predicted octanol–water partition coefficient (Wildman–Crippen LogP) is 2.82. The highest BCUT2D eigenvalue weighted by Gasteiger charge is 2.04.